The van der Waals surface area contributed by atoms with Crippen LogP contribution in [0.1, 0.15) is 10.4 Å². The zero-order chi connectivity index (χ0) is 19.5. The van der Waals surface area contributed by atoms with Gasteiger partial charge in [0.05, 0.1) is 10.5 Å². The lowest BCUT2D eigenvalue weighted by molar-refractivity contribution is 0.102. The van der Waals surface area contributed by atoms with Crippen LogP contribution in [-0.2, 0) is 0 Å². The average Bonchev–Trinajstić information content (AvgIpc) is 2.72. The standard InChI is InChI=1S/C21H14ClFN4O/c22-17-11-15(6-8-18(17)23)26-20-16-10-14(7-9-19(16)24-12-25-20)27-21(28)13-4-2-1-3-5-13/h1-12H,(H,27,28)(H,24,25,26). The van der Waals surface area contributed by atoms with Gasteiger partial charge in [0.25, 0.3) is 5.91 Å². The highest BCUT2D eigenvalue weighted by Gasteiger charge is 2.10. The van der Waals surface area contributed by atoms with Gasteiger partial charge in [-0.15, -0.1) is 0 Å². The van der Waals surface area contributed by atoms with Gasteiger partial charge in [0.1, 0.15) is 18.0 Å². The highest BCUT2D eigenvalue weighted by molar-refractivity contribution is 6.31. The van der Waals surface area contributed by atoms with Crippen LogP contribution < -0.4 is 10.6 Å². The molecule has 3 aromatic carbocycles. The Morgan fingerprint density at radius 1 is 0.929 bits per heavy atom. The molecule has 4 aromatic rings. The van der Waals surface area contributed by atoms with Crippen molar-refractivity contribution in [3.63, 3.8) is 0 Å². The van der Waals surface area contributed by atoms with E-state index in [2.05, 4.69) is 20.6 Å². The summed E-state index contributed by atoms with van der Waals surface area (Å²) in [7, 11) is 0. The first kappa shape index (κ1) is 17.9. The molecular formula is C21H14ClFN4O. The van der Waals surface area contributed by atoms with Crippen molar-refractivity contribution in [2.24, 2.45) is 0 Å². The SMILES string of the molecule is O=C(Nc1ccc2ncnc(Nc3ccc(F)c(Cl)c3)c2c1)c1ccccc1. The number of hydrogen-bond donors (Lipinski definition) is 2. The molecule has 5 nitrogen and oxygen atoms in total. The van der Waals surface area contributed by atoms with Crippen molar-refractivity contribution in [3.05, 3.63) is 89.5 Å². The molecule has 1 heterocycles. The predicted molar refractivity (Wildman–Crippen MR) is 109 cm³/mol. The Labute approximate surface area is 165 Å². The zero-order valence-electron chi connectivity index (χ0n) is 14.5. The number of hydrogen-bond acceptors (Lipinski definition) is 4. The van der Waals surface area contributed by atoms with Crippen LogP contribution in [0.3, 0.4) is 0 Å². The van der Waals surface area contributed by atoms with E-state index >= 15 is 0 Å². The Morgan fingerprint density at radius 2 is 1.71 bits per heavy atom. The molecule has 1 aromatic heterocycles. The van der Waals surface area contributed by atoms with E-state index in [0.717, 1.165) is 0 Å². The number of anilines is 3. The van der Waals surface area contributed by atoms with Crippen molar-refractivity contribution in [2.75, 3.05) is 10.6 Å². The third-order valence-electron chi connectivity index (χ3n) is 4.11. The Balaban J connectivity index is 1.65. The van der Waals surface area contributed by atoms with Crippen LogP contribution in [-0.4, -0.2) is 15.9 Å². The predicted octanol–water partition coefficient (Wildman–Crippen LogP) is 5.42. The molecule has 0 radical (unpaired) electrons. The van der Waals surface area contributed by atoms with Gasteiger partial charge in [0, 0.05) is 22.3 Å². The smallest absolute Gasteiger partial charge is 0.255 e. The molecule has 0 atom stereocenters. The molecule has 0 saturated heterocycles. The summed E-state index contributed by atoms with van der Waals surface area (Å²) in [5, 5.41) is 6.69. The number of carbonyl (C=O) groups is 1. The van der Waals surface area contributed by atoms with Gasteiger partial charge >= 0.3 is 0 Å². The maximum absolute atomic E-state index is 13.4. The fourth-order valence-electron chi connectivity index (χ4n) is 2.74. The minimum atomic E-state index is -0.495. The van der Waals surface area contributed by atoms with Gasteiger partial charge in [-0.3, -0.25) is 4.79 Å². The van der Waals surface area contributed by atoms with Gasteiger partial charge in [-0.2, -0.15) is 0 Å². The normalized spacial score (nSPS) is 10.6. The van der Waals surface area contributed by atoms with E-state index in [-0.39, 0.29) is 10.9 Å². The minimum absolute atomic E-state index is 0.0131. The highest BCUT2D eigenvalue weighted by atomic mass is 35.5. The summed E-state index contributed by atoms with van der Waals surface area (Å²) in [6, 6.07) is 18.6. The van der Waals surface area contributed by atoms with E-state index < -0.39 is 5.82 Å². The summed E-state index contributed by atoms with van der Waals surface area (Å²) in [4.78, 5) is 20.9. The molecule has 0 spiro atoms. The van der Waals surface area contributed by atoms with Crippen molar-refractivity contribution >= 4 is 45.6 Å². The van der Waals surface area contributed by atoms with Gasteiger partial charge in [-0.05, 0) is 48.5 Å². The molecule has 0 aliphatic carbocycles. The molecule has 1 amide bonds. The molecule has 138 valence electrons. The molecule has 0 fully saturated rings. The number of nitrogens with one attached hydrogen (secondary N) is 2. The summed E-state index contributed by atoms with van der Waals surface area (Å²) in [5.74, 6) is -0.189. The first-order chi connectivity index (χ1) is 13.6. The molecule has 0 unspecified atom stereocenters. The topological polar surface area (TPSA) is 66.9 Å². The number of amides is 1. The summed E-state index contributed by atoms with van der Waals surface area (Å²) in [6.07, 6.45) is 1.43. The van der Waals surface area contributed by atoms with E-state index in [4.69, 9.17) is 11.6 Å². The van der Waals surface area contributed by atoms with E-state index in [1.165, 1.54) is 18.5 Å². The Hall–Kier alpha value is -3.51. The first-order valence-electron chi connectivity index (χ1n) is 8.43. The average molecular weight is 393 g/mol. The van der Waals surface area contributed by atoms with Gasteiger partial charge in [0.2, 0.25) is 0 Å². The Bertz CT molecular complexity index is 1170. The number of halogens is 2. The van der Waals surface area contributed by atoms with Crippen molar-refractivity contribution < 1.29 is 9.18 Å². The first-order valence-corrected chi connectivity index (χ1v) is 8.81. The Kier molecular flexibility index (Phi) is 4.87. The number of nitrogens with zero attached hydrogens (tertiary/aromatic N) is 2. The van der Waals surface area contributed by atoms with Crippen LogP contribution in [0.25, 0.3) is 10.9 Å². The minimum Gasteiger partial charge on any atom is -0.340 e. The number of carbonyl (C=O) groups excluding carboxylic acids is 1. The molecule has 28 heavy (non-hydrogen) atoms. The highest BCUT2D eigenvalue weighted by Crippen LogP contribution is 2.27. The molecule has 0 aliphatic heterocycles. The monoisotopic (exact) mass is 392 g/mol. The summed E-state index contributed by atoms with van der Waals surface area (Å²) >= 11 is 5.84. The van der Waals surface area contributed by atoms with Gasteiger partial charge in [-0.1, -0.05) is 29.8 Å². The second-order valence-electron chi connectivity index (χ2n) is 6.03. The molecule has 4 rings (SSSR count). The van der Waals surface area contributed by atoms with Gasteiger partial charge < -0.3 is 10.6 Å². The van der Waals surface area contributed by atoms with E-state index in [1.54, 1.807) is 48.5 Å². The lowest BCUT2D eigenvalue weighted by Gasteiger charge is -2.11. The van der Waals surface area contributed by atoms with E-state index in [1.807, 2.05) is 6.07 Å². The van der Waals surface area contributed by atoms with Gasteiger partial charge in [-0.25, -0.2) is 14.4 Å². The Morgan fingerprint density at radius 3 is 2.50 bits per heavy atom. The summed E-state index contributed by atoms with van der Waals surface area (Å²) in [5.41, 5.74) is 2.45. The largest absolute Gasteiger partial charge is 0.340 e. The fraction of sp³-hybridized carbons (Fsp3) is 0. The number of fused-ring (bicyclic) bond motifs is 1. The van der Waals surface area contributed by atoms with Crippen LogP contribution in [0.15, 0.2) is 73.1 Å². The lowest BCUT2D eigenvalue weighted by atomic mass is 10.1. The quantitative estimate of drug-likeness (QED) is 0.486. The van der Waals surface area contributed by atoms with Crippen LogP contribution in [0.2, 0.25) is 5.02 Å². The summed E-state index contributed by atoms with van der Waals surface area (Å²) in [6.45, 7) is 0. The molecule has 2 N–H and O–H groups in total. The third-order valence-corrected chi connectivity index (χ3v) is 4.40. The lowest BCUT2D eigenvalue weighted by Crippen LogP contribution is -2.11. The zero-order valence-corrected chi connectivity index (χ0v) is 15.2. The van der Waals surface area contributed by atoms with E-state index in [0.29, 0.717) is 33.7 Å². The number of rotatable bonds is 4. The fourth-order valence-corrected chi connectivity index (χ4v) is 2.92. The van der Waals surface area contributed by atoms with Crippen LogP contribution >= 0.6 is 11.6 Å². The van der Waals surface area contributed by atoms with Crippen LogP contribution in [0, 0.1) is 5.82 Å². The van der Waals surface area contributed by atoms with Gasteiger partial charge in [0.15, 0.2) is 0 Å². The molecule has 7 heteroatoms. The maximum atomic E-state index is 13.4. The van der Waals surface area contributed by atoms with E-state index in [9.17, 15) is 9.18 Å². The van der Waals surface area contributed by atoms with Crippen LogP contribution in [0.4, 0.5) is 21.6 Å². The second kappa shape index (κ2) is 7.62. The maximum Gasteiger partial charge on any atom is 0.255 e. The van der Waals surface area contributed by atoms with Crippen LogP contribution in [0.5, 0.6) is 0 Å². The molecule has 0 saturated carbocycles. The van der Waals surface area contributed by atoms with Crippen molar-refractivity contribution in [1.82, 2.24) is 9.97 Å². The van der Waals surface area contributed by atoms with Crippen molar-refractivity contribution in [3.8, 4) is 0 Å². The third kappa shape index (κ3) is 3.77. The van der Waals surface area contributed by atoms with Crippen molar-refractivity contribution in [1.29, 1.82) is 0 Å². The molecule has 0 aliphatic rings. The van der Waals surface area contributed by atoms with Crippen molar-refractivity contribution in [2.45, 2.75) is 0 Å². The second-order valence-corrected chi connectivity index (χ2v) is 6.44. The number of benzene rings is 3. The summed E-state index contributed by atoms with van der Waals surface area (Å²) < 4.78 is 13.4. The number of aromatic nitrogens is 2. The molecule has 0 bridgehead atoms. The molecular weight excluding hydrogens is 379 g/mol.